The van der Waals surface area contributed by atoms with Crippen molar-refractivity contribution in [2.24, 2.45) is 11.8 Å². The maximum Gasteiger partial charge on any atom is 0.230 e. The normalized spacial score (nSPS) is 23.9. The molecular formula is C16H23NO. The number of hydrogen-bond acceptors (Lipinski definition) is 1. The Kier molecular flexibility index (Phi) is 3.22. The Bertz CT molecular complexity index is 504. The summed E-state index contributed by atoms with van der Waals surface area (Å²) in [6, 6.07) is 2.17. The maximum atomic E-state index is 12.3. The highest BCUT2D eigenvalue weighted by Crippen LogP contribution is 2.34. The van der Waals surface area contributed by atoms with E-state index in [0.717, 1.165) is 12.2 Å². The molecule has 1 aliphatic heterocycles. The summed E-state index contributed by atoms with van der Waals surface area (Å²) in [5.41, 5.74) is 6.27. The molecule has 1 aromatic carbocycles. The number of amides is 1. The van der Waals surface area contributed by atoms with Crippen molar-refractivity contribution in [2.45, 2.75) is 41.5 Å². The molecule has 2 nitrogen and oxygen atoms in total. The van der Waals surface area contributed by atoms with Gasteiger partial charge in [0.15, 0.2) is 0 Å². The van der Waals surface area contributed by atoms with Crippen LogP contribution in [0.2, 0.25) is 0 Å². The molecule has 1 aliphatic rings. The van der Waals surface area contributed by atoms with Gasteiger partial charge in [0.25, 0.3) is 0 Å². The lowest BCUT2D eigenvalue weighted by molar-refractivity contribution is -0.120. The number of carbonyl (C=O) groups excluding carboxylic acids is 1. The summed E-state index contributed by atoms with van der Waals surface area (Å²) in [5.74, 6) is 0.860. The average Bonchev–Trinajstić information content (AvgIpc) is 2.59. The zero-order valence-electron chi connectivity index (χ0n) is 12.3. The Morgan fingerprint density at radius 3 is 2.17 bits per heavy atom. The molecule has 0 bridgehead atoms. The molecule has 2 unspecified atom stereocenters. The number of carbonyl (C=O) groups is 1. The summed E-state index contributed by atoms with van der Waals surface area (Å²) in [4.78, 5) is 14.3. The van der Waals surface area contributed by atoms with Gasteiger partial charge < -0.3 is 4.90 Å². The van der Waals surface area contributed by atoms with E-state index in [1.165, 1.54) is 22.3 Å². The Morgan fingerprint density at radius 2 is 1.67 bits per heavy atom. The predicted molar refractivity (Wildman–Crippen MR) is 76.1 cm³/mol. The van der Waals surface area contributed by atoms with Crippen LogP contribution >= 0.6 is 0 Å². The van der Waals surface area contributed by atoms with Crippen molar-refractivity contribution >= 4 is 11.6 Å². The van der Waals surface area contributed by atoms with Crippen molar-refractivity contribution in [3.05, 3.63) is 28.3 Å². The van der Waals surface area contributed by atoms with Gasteiger partial charge in [0.05, 0.1) is 0 Å². The Morgan fingerprint density at radius 1 is 1.06 bits per heavy atom. The summed E-state index contributed by atoms with van der Waals surface area (Å²) in [7, 11) is 0. The minimum absolute atomic E-state index is 0.145. The van der Waals surface area contributed by atoms with Gasteiger partial charge in [0, 0.05) is 18.2 Å². The van der Waals surface area contributed by atoms with Crippen molar-refractivity contribution in [2.75, 3.05) is 11.4 Å². The van der Waals surface area contributed by atoms with Crippen LogP contribution in [0.25, 0.3) is 0 Å². The van der Waals surface area contributed by atoms with Crippen LogP contribution in [0.15, 0.2) is 6.07 Å². The standard InChI is InChI=1S/C16H23NO/c1-9-7-15(14(6)13(5)11(9)3)17-8-10(2)12(4)16(17)18/h7,10,12H,8H2,1-6H3. The highest BCUT2D eigenvalue weighted by Gasteiger charge is 2.35. The molecule has 0 saturated carbocycles. The van der Waals surface area contributed by atoms with Crippen LogP contribution in [-0.2, 0) is 4.79 Å². The largest absolute Gasteiger partial charge is 0.312 e. The van der Waals surface area contributed by atoms with Gasteiger partial charge in [0.2, 0.25) is 5.91 Å². The van der Waals surface area contributed by atoms with E-state index in [1.807, 2.05) is 11.8 Å². The zero-order chi connectivity index (χ0) is 13.6. The Labute approximate surface area is 110 Å². The molecule has 1 amide bonds. The first-order chi connectivity index (χ1) is 8.34. The average molecular weight is 245 g/mol. The van der Waals surface area contributed by atoms with E-state index in [4.69, 9.17) is 0 Å². The highest BCUT2D eigenvalue weighted by atomic mass is 16.2. The van der Waals surface area contributed by atoms with Crippen molar-refractivity contribution < 1.29 is 4.79 Å². The van der Waals surface area contributed by atoms with Crippen LogP contribution in [0.4, 0.5) is 5.69 Å². The number of benzene rings is 1. The van der Waals surface area contributed by atoms with Gasteiger partial charge in [-0.25, -0.2) is 0 Å². The third-order valence-electron chi connectivity index (χ3n) is 4.72. The molecule has 98 valence electrons. The van der Waals surface area contributed by atoms with Crippen LogP contribution in [-0.4, -0.2) is 12.5 Å². The topological polar surface area (TPSA) is 20.3 Å². The number of hydrogen-bond donors (Lipinski definition) is 0. The number of aryl methyl sites for hydroxylation is 1. The van der Waals surface area contributed by atoms with Gasteiger partial charge in [-0.2, -0.15) is 0 Å². The summed E-state index contributed by atoms with van der Waals surface area (Å²) in [5, 5.41) is 0. The molecule has 0 aliphatic carbocycles. The minimum Gasteiger partial charge on any atom is -0.312 e. The smallest absolute Gasteiger partial charge is 0.230 e. The molecule has 2 atom stereocenters. The second kappa shape index (κ2) is 4.42. The predicted octanol–water partition coefficient (Wildman–Crippen LogP) is 3.54. The van der Waals surface area contributed by atoms with E-state index in [2.05, 4.69) is 40.7 Å². The number of anilines is 1. The van der Waals surface area contributed by atoms with Gasteiger partial charge >= 0.3 is 0 Å². The number of nitrogens with zero attached hydrogens (tertiary/aromatic N) is 1. The zero-order valence-corrected chi connectivity index (χ0v) is 12.3. The van der Waals surface area contributed by atoms with Crippen LogP contribution in [0.1, 0.15) is 36.1 Å². The monoisotopic (exact) mass is 245 g/mol. The first kappa shape index (κ1) is 13.1. The van der Waals surface area contributed by atoms with E-state index >= 15 is 0 Å². The molecular weight excluding hydrogens is 222 g/mol. The van der Waals surface area contributed by atoms with Crippen LogP contribution in [0.3, 0.4) is 0 Å². The third kappa shape index (κ3) is 1.84. The van der Waals surface area contributed by atoms with Crippen molar-refractivity contribution in [3.8, 4) is 0 Å². The fourth-order valence-electron chi connectivity index (χ4n) is 2.71. The molecule has 1 fully saturated rings. The molecule has 1 heterocycles. The molecule has 0 aromatic heterocycles. The maximum absolute atomic E-state index is 12.3. The lowest BCUT2D eigenvalue weighted by atomic mass is 9.97. The van der Waals surface area contributed by atoms with Gasteiger partial charge in [-0.15, -0.1) is 0 Å². The van der Waals surface area contributed by atoms with Crippen LogP contribution in [0, 0.1) is 39.5 Å². The molecule has 0 N–H and O–H groups in total. The van der Waals surface area contributed by atoms with Gasteiger partial charge in [0.1, 0.15) is 0 Å². The molecule has 18 heavy (non-hydrogen) atoms. The number of rotatable bonds is 1. The van der Waals surface area contributed by atoms with Crippen molar-refractivity contribution in [3.63, 3.8) is 0 Å². The van der Waals surface area contributed by atoms with E-state index in [9.17, 15) is 4.79 Å². The quantitative estimate of drug-likeness (QED) is 0.741. The first-order valence-corrected chi connectivity index (χ1v) is 6.73. The summed E-state index contributed by atoms with van der Waals surface area (Å²) in [6.45, 7) is 13.6. The molecule has 1 aromatic rings. The van der Waals surface area contributed by atoms with E-state index < -0.39 is 0 Å². The molecule has 2 heteroatoms. The van der Waals surface area contributed by atoms with E-state index in [1.54, 1.807) is 0 Å². The summed E-state index contributed by atoms with van der Waals surface area (Å²) >= 11 is 0. The first-order valence-electron chi connectivity index (χ1n) is 6.73. The Hall–Kier alpha value is -1.31. The lowest BCUT2D eigenvalue weighted by Crippen LogP contribution is -2.27. The van der Waals surface area contributed by atoms with E-state index in [0.29, 0.717) is 5.92 Å². The van der Waals surface area contributed by atoms with Crippen molar-refractivity contribution in [1.29, 1.82) is 0 Å². The molecule has 0 spiro atoms. The second-order valence-electron chi connectivity index (χ2n) is 5.80. The van der Waals surface area contributed by atoms with Gasteiger partial charge in [-0.05, 0) is 61.9 Å². The Balaban J connectivity index is 2.50. The fourth-order valence-corrected chi connectivity index (χ4v) is 2.71. The third-order valence-corrected chi connectivity index (χ3v) is 4.72. The SMILES string of the molecule is Cc1cc(N2CC(C)C(C)C2=O)c(C)c(C)c1C. The van der Waals surface area contributed by atoms with Crippen LogP contribution in [0.5, 0.6) is 0 Å². The fraction of sp³-hybridized carbons (Fsp3) is 0.562. The highest BCUT2D eigenvalue weighted by molar-refractivity contribution is 5.98. The summed E-state index contributed by atoms with van der Waals surface area (Å²) in [6.07, 6.45) is 0. The molecule has 1 saturated heterocycles. The lowest BCUT2D eigenvalue weighted by Gasteiger charge is -2.22. The minimum atomic E-state index is 0.145. The molecule has 0 radical (unpaired) electrons. The molecule has 2 rings (SSSR count). The van der Waals surface area contributed by atoms with Gasteiger partial charge in [-0.1, -0.05) is 13.8 Å². The van der Waals surface area contributed by atoms with E-state index in [-0.39, 0.29) is 11.8 Å². The second-order valence-corrected chi connectivity index (χ2v) is 5.80. The summed E-state index contributed by atoms with van der Waals surface area (Å²) < 4.78 is 0. The van der Waals surface area contributed by atoms with Crippen molar-refractivity contribution in [1.82, 2.24) is 0 Å². The van der Waals surface area contributed by atoms with Crippen LogP contribution < -0.4 is 4.90 Å². The van der Waals surface area contributed by atoms with Gasteiger partial charge in [-0.3, -0.25) is 4.79 Å².